The van der Waals surface area contributed by atoms with Crippen LogP contribution >= 0.6 is 0 Å². The van der Waals surface area contributed by atoms with Gasteiger partial charge in [0.25, 0.3) is 0 Å². The van der Waals surface area contributed by atoms with E-state index in [-0.39, 0.29) is 0 Å². The molecule has 102 valence electrons. The highest BCUT2D eigenvalue weighted by atomic mass is 16.4. The number of urea groups is 1. The summed E-state index contributed by atoms with van der Waals surface area (Å²) in [5.41, 5.74) is 4.90. The number of amides is 3. The molecule has 0 aromatic rings. The van der Waals surface area contributed by atoms with Crippen molar-refractivity contribution in [2.45, 2.75) is 31.4 Å². The lowest BCUT2D eigenvalue weighted by molar-refractivity contribution is -0.141. The molecule has 3 amide bonds. The fourth-order valence-corrected chi connectivity index (χ4v) is 1.71. The van der Waals surface area contributed by atoms with Gasteiger partial charge in [-0.05, 0) is 12.8 Å². The number of likely N-dealkylation sites (tertiary alicyclic amines) is 1. The molecule has 1 heterocycles. The molecule has 1 aliphatic rings. The van der Waals surface area contributed by atoms with Crippen LogP contribution in [0.15, 0.2) is 0 Å². The Kier molecular flexibility index (Phi) is 4.90. The molecule has 0 aromatic heterocycles. The maximum absolute atomic E-state index is 11.7. The highest BCUT2D eigenvalue weighted by Crippen LogP contribution is 2.10. The molecule has 1 atom stereocenters. The lowest BCUT2D eigenvalue weighted by Crippen LogP contribution is -2.51. The first-order valence-corrected chi connectivity index (χ1v) is 5.64. The summed E-state index contributed by atoms with van der Waals surface area (Å²) in [5.74, 6) is -2.10. The Morgan fingerprint density at radius 2 is 1.89 bits per heavy atom. The van der Waals surface area contributed by atoms with Crippen LogP contribution in [0.25, 0.3) is 0 Å². The highest BCUT2D eigenvalue weighted by molar-refractivity contribution is 5.87. The molecule has 0 radical (unpaired) electrons. The number of carbonyl (C=O) groups excluding carboxylic acids is 2. The summed E-state index contributed by atoms with van der Waals surface area (Å²) in [6, 6.07) is -1.88. The van der Waals surface area contributed by atoms with Gasteiger partial charge < -0.3 is 26.2 Å². The van der Waals surface area contributed by atoms with E-state index < -0.39 is 36.5 Å². The topological polar surface area (TPSA) is 133 Å². The van der Waals surface area contributed by atoms with Crippen LogP contribution in [0.4, 0.5) is 4.79 Å². The number of carboxylic acid groups (broad SMARTS) is 1. The van der Waals surface area contributed by atoms with E-state index in [2.05, 4.69) is 5.32 Å². The number of hydrogen-bond donors (Lipinski definition) is 4. The lowest BCUT2D eigenvalue weighted by atomic mass is 10.1. The number of carbonyl (C=O) groups is 3. The molecule has 1 fully saturated rings. The quantitative estimate of drug-likeness (QED) is 0.486. The van der Waals surface area contributed by atoms with E-state index >= 15 is 0 Å². The monoisotopic (exact) mass is 259 g/mol. The average molecular weight is 259 g/mol. The summed E-state index contributed by atoms with van der Waals surface area (Å²) < 4.78 is 0. The van der Waals surface area contributed by atoms with E-state index in [0.29, 0.717) is 25.9 Å². The zero-order chi connectivity index (χ0) is 13.7. The molecule has 0 spiro atoms. The summed E-state index contributed by atoms with van der Waals surface area (Å²) in [4.78, 5) is 34.6. The molecule has 0 unspecified atom stereocenters. The van der Waals surface area contributed by atoms with Gasteiger partial charge in [-0.2, -0.15) is 0 Å². The van der Waals surface area contributed by atoms with Crippen LogP contribution in [0.5, 0.6) is 0 Å². The second-order valence-corrected chi connectivity index (χ2v) is 4.23. The zero-order valence-electron chi connectivity index (χ0n) is 9.83. The minimum absolute atomic E-state index is 0.357. The van der Waals surface area contributed by atoms with Crippen LogP contribution in [0, 0.1) is 0 Å². The Morgan fingerprint density at radius 1 is 1.33 bits per heavy atom. The Bertz CT molecular complexity index is 338. The number of nitrogens with one attached hydrogen (secondary N) is 1. The highest BCUT2D eigenvalue weighted by Gasteiger charge is 2.26. The van der Waals surface area contributed by atoms with Crippen molar-refractivity contribution >= 4 is 17.9 Å². The summed E-state index contributed by atoms with van der Waals surface area (Å²) in [7, 11) is 0. The number of nitrogens with zero attached hydrogens (tertiary/aromatic N) is 1. The Balaban J connectivity index is 2.50. The zero-order valence-corrected chi connectivity index (χ0v) is 9.83. The van der Waals surface area contributed by atoms with E-state index in [9.17, 15) is 19.5 Å². The second kappa shape index (κ2) is 6.20. The van der Waals surface area contributed by atoms with Gasteiger partial charge in [-0.25, -0.2) is 9.59 Å². The lowest BCUT2D eigenvalue weighted by Gasteiger charge is -2.30. The number of carboxylic acids is 1. The molecule has 0 aliphatic carbocycles. The fourth-order valence-electron chi connectivity index (χ4n) is 1.71. The fraction of sp³-hybridized carbons (Fsp3) is 0.700. The first-order chi connectivity index (χ1) is 8.40. The van der Waals surface area contributed by atoms with Gasteiger partial charge >= 0.3 is 12.0 Å². The number of nitrogens with two attached hydrogens (primary N) is 1. The van der Waals surface area contributed by atoms with Crippen molar-refractivity contribution in [3.8, 4) is 0 Å². The van der Waals surface area contributed by atoms with Gasteiger partial charge in [0.15, 0.2) is 0 Å². The summed E-state index contributed by atoms with van der Waals surface area (Å²) >= 11 is 0. The van der Waals surface area contributed by atoms with E-state index in [0.717, 1.165) is 0 Å². The first kappa shape index (κ1) is 14.2. The van der Waals surface area contributed by atoms with Crippen molar-refractivity contribution in [2.24, 2.45) is 5.73 Å². The SMILES string of the molecule is NC(=O)C[C@@H](NC(=O)N1CCC(O)CC1)C(=O)O. The molecule has 0 saturated carbocycles. The third-order valence-corrected chi connectivity index (χ3v) is 2.75. The van der Waals surface area contributed by atoms with Gasteiger partial charge in [0, 0.05) is 13.1 Å². The molecule has 0 aromatic carbocycles. The number of aliphatic carboxylic acids is 1. The van der Waals surface area contributed by atoms with Crippen LogP contribution in [-0.2, 0) is 9.59 Å². The van der Waals surface area contributed by atoms with Crippen LogP contribution in [0.1, 0.15) is 19.3 Å². The van der Waals surface area contributed by atoms with Gasteiger partial charge in [-0.1, -0.05) is 0 Å². The number of aliphatic hydroxyl groups is 1. The van der Waals surface area contributed by atoms with Crippen molar-refractivity contribution in [1.82, 2.24) is 10.2 Å². The van der Waals surface area contributed by atoms with Gasteiger partial charge in [0.1, 0.15) is 6.04 Å². The smallest absolute Gasteiger partial charge is 0.326 e. The average Bonchev–Trinajstić information content (AvgIpc) is 2.28. The Hall–Kier alpha value is -1.83. The summed E-state index contributed by atoms with van der Waals surface area (Å²) in [6.07, 6.45) is 0.0504. The molecule has 18 heavy (non-hydrogen) atoms. The van der Waals surface area contributed by atoms with Crippen molar-refractivity contribution in [3.63, 3.8) is 0 Å². The molecule has 5 N–H and O–H groups in total. The van der Waals surface area contributed by atoms with Crippen LogP contribution in [0.3, 0.4) is 0 Å². The summed E-state index contributed by atoms with van der Waals surface area (Å²) in [5, 5.41) is 20.4. The van der Waals surface area contributed by atoms with Crippen LogP contribution in [0.2, 0.25) is 0 Å². The molecule has 1 rings (SSSR count). The van der Waals surface area contributed by atoms with Crippen molar-refractivity contribution in [1.29, 1.82) is 0 Å². The van der Waals surface area contributed by atoms with Crippen LogP contribution < -0.4 is 11.1 Å². The minimum atomic E-state index is -1.32. The molecular formula is C10H17N3O5. The number of piperidine rings is 1. The molecular weight excluding hydrogens is 242 g/mol. The van der Waals surface area contributed by atoms with E-state index in [4.69, 9.17) is 10.8 Å². The first-order valence-electron chi connectivity index (χ1n) is 5.64. The number of aliphatic hydroxyl groups excluding tert-OH is 1. The maximum Gasteiger partial charge on any atom is 0.326 e. The van der Waals surface area contributed by atoms with Gasteiger partial charge in [0.05, 0.1) is 12.5 Å². The van der Waals surface area contributed by atoms with E-state index in [1.807, 2.05) is 0 Å². The minimum Gasteiger partial charge on any atom is -0.480 e. The Labute approximate surface area is 104 Å². The molecule has 1 aliphatic heterocycles. The molecule has 1 saturated heterocycles. The normalized spacial score (nSPS) is 18.2. The molecule has 0 bridgehead atoms. The Morgan fingerprint density at radius 3 is 2.33 bits per heavy atom. The number of primary amides is 1. The summed E-state index contributed by atoms with van der Waals surface area (Å²) in [6.45, 7) is 0.714. The predicted octanol–water partition coefficient (Wildman–Crippen LogP) is -1.52. The van der Waals surface area contributed by atoms with Crippen molar-refractivity contribution in [3.05, 3.63) is 0 Å². The number of hydrogen-bond acceptors (Lipinski definition) is 4. The van der Waals surface area contributed by atoms with Gasteiger partial charge in [0.2, 0.25) is 5.91 Å². The van der Waals surface area contributed by atoms with Crippen molar-refractivity contribution < 1.29 is 24.6 Å². The standard InChI is InChI=1S/C10H17N3O5/c11-8(15)5-7(9(16)17)12-10(18)13-3-1-6(14)2-4-13/h6-7,14H,1-5H2,(H2,11,15)(H,12,18)(H,16,17)/t7-/m1/s1. The predicted molar refractivity (Wildman–Crippen MR) is 60.6 cm³/mol. The largest absolute Gasteiger partial charge is 0.480 e. The molecule has 8 nitrogen and oxygen atoms in total. The van der Waals surface area contributed by atoms with E-state index in [1.165, 1.54) is 4.90 Å². The van der Waals surface area contributed by atoms with Crippen molar-refractivity contribution in [2.75, 3.05) is 13.1 Å². The second-order valence-electron chi connectivity index (χ2n) is 4.23. The third kappa shape index (κ3) is 4.21. The number of rotatable bonds is 4. The van der Waals surface area contributed by atoms with Crippen LogP contribution in [-0.4, -0.2) is 58.3 Å². The third-order valence-electron chi connectivity index (χ3n) is 2.75. The molecule has 8 heteroatoms. The maximum atomic E-state index is 11.7. The van der Waals surface area contributed by atoms with E-state index in [1.54, 1.807) is 0 Å². The van der Waals surface area contributed by atoms with Gasteiger partial charge in [-0.3, -0.25) is 4.79 Å². The van der Waals surface area contributed by atoms with Gasteiger partial charge in [-0.15, -0.1) is 0 Å².